The molecule has 0 aliphatic heterocycles. The van der Waals surface area contributed by atoms with Crippen LogP contribution >= 0.6 is 0 Å². The molecule has 0 saturated carbocycles. The fourth-order valence-corrected chi connectivity index (χ4v) is 1.07. The number of aliphatic hydroxyl groups excluding tert-OH is 7. The average molecular weight is 226 g/mol. The van der Waals surface area contributed by atoms with Crippen LogP contribution in [0.2, 0.25) is 0 Å². The Labute approximate surface area is 86.9 Å². The van der Waals surface area contributed by atoms with Gasteiger partial charge in [-0.1, -0.05) is 0 Å². The standard InChI is InChI=1S/C8H18O7/c9-2-1-4(11)6(13)8(15)7(14)5(12)3-10/h4-15H,1-3H2/t4?,5-,6+,7+,8+/m0/s1. The topological polar surface area (TPSA) is 142 Å². The highest BCUT2D eigenvalue weighted by atomic mass is 16.4. The Bertz CT molecular complexity index is 165. The lowest BCUT2D eigenvalue weighted by atomic mass is 9.98. The Kier molecular flexibility index (Phi) is 6.94. The van der Waals surface area contributed by atoms with E-state index in [4.69, 9.17) is 20.4 Å². The van der Waals surface area contributed by atoms with Gasteiger partial charge in [0.15, 0.2) is 0 Å². The summed E-state index contributed by atoms with van der Waals surface area (Å²) in [7, 11) is 0. The predicted molar refractivity (Wildman–Crippen MR) is 48.8 cm³/mol. The Morgan fingerprint density at radius 3 is 1.53 bits per heavy atom. The maximum Gasteiger partial charge on any atom is 0.111 e. The summed E-state index contributed by atoms with van der Waals surface area (Å²) in [5.74, 6) is 0. The maximum atomic E-state index is 9.27. The van der Waals surface area contributed by atoms with Crippen molar-refractivity contribution >= 4 is 0 Å². The molecule has 0 fully saturated rings. The molecule has 0 amide bonds. The Balaban J connectivity index is 4.22. The van der Waals surface area contributed by atoms with Crippen molar-refractivity contribution in [2.75, 3.05) is 13.2 Å². The van der Waals surface area contributed by atoms with Crippen molar-refractivity contribution in [3.05, 3.63) is 0 Å². The summed E-state index contributed by atoms with van der Waals surface area (Å²) in [6.07, 6.45) is -8.44. The fourth-order valence-electron chi connectivity index (χ4n) is 1.07. The summed E-state index contributed by atoms with van der Waals surface area (Å²) >= 11 is 0. The molecule has 0 bridgehead atoms. The van der Waals surface area contributed by atoms with E-state index < -0.39 is 37.1 Å². The van der Waals surface area contributed by atoms with E-state index in [0.29, 0.717) is 0 Å². The predicted octanol–water partition coefficient (Wildman–Crippen LogP) is -3.83. The van der Waals surface area contributed by atoms with E-state index in [2.05, 4.69) is 0 Å². The minimum atomic E-state index is -1.80. The van der Waals surface area contributed by atoms with Crippen molar-refractivity contribution in [2.45, 2.75) is 36.9 Å². The molecular formula is C8H18O7. The van der Waals surface area contributed by atoms with Crippen molar-refractivity contribution in [1.82, 2.24) is 0 Å². The molecule has 92 valence electrons. The van der Waals surface area contributed by atoms with Crippen LogP contribution in [0, 0.1) is 0 Å². The quantitative estimate of drug-likeness (QED) is 0.236. The molecular weight excluding hydrogens is 208 g/mol. The zero-order valence-electron chi connectivity index (χ0n) is 8.14. The lowest BCUT2D eigenvalue weighted by Gasteiger charge is -2.28. The van der Waals surface area contributed by atoms with E-state index >= 15 is 0 Å². The Morgan fingerprint density at radius 2 is 1.13 bits per heavy atom. The second-order valence-electron chi connectivity index (χ2n) is 3.30. The molecule has 7 heteroatoms. The molecule has 0 spiro atoms. The third kappa shape index (κ3) is 4.39. The molecule has 0 aromatic carbocycles. The van der Waals surface area contributed by atoms with Gasteiger partial charge in [-0.2, -0.15) is 0 Å². The van der Waals surface area contributed by atoms with Gasteiger partial charge in [-0.15, -0.1) is 0 Å². The second-order valence-corrected chi connectivity index (χ2v) is 3.30. The van der Waals surface area contributed by atoms with Gasteiger partial charge in [-0.3, -0.25) is 0 Å². The summed E-state index contributed by atoms with van der Waals surface area (Å²) in [6, 6.07) is 0. The van der Waals surface area contributed by atoms with Gasteiger partial charge in [-0.25, -0.2) is 0 Å². The lowest BCUT2D eigenvalue weighted by Crippen LogP contribution is -2.50. The van der Waals surface area contributed by atoms with Gasteiger partial charge >= 0.3 is 0 Å². The fraction of sp³-hybridized carbons (Fsp3) is 1.00. The van der Waals surface area contributed by atoms with Crippen molar-refractivity contribution in [1.29, 1.82) is 0 Å². The zero-order valence-corrected chi connectivity index (χ0v) is 8.14. The van der Waals surface area contributed by atoms with Crippen molar-refractivity contribution in [3.8, 4) is 0 Å². The number of rotatable bonds is 7. The van der Waals surface area contributed by atoms with Crippen LogP contribution in [-0.4, -0.2) is 79.5 Å². The van der Waals surface area contributed by atoms with Crippen LogP contribution in [0.25, 0.3) is 0 Å². The molecule has 7 N–H and O–H groups in total. The first kappa shape index (κ1) is 14.7. The molecule has 0 aliphatic carbocycles. The molecule has 7 nitrogen and oxygen atoms in total. The SMILES string of the molecule is OCCC(O)[C@@H](O)[C@@H](O)[C@H](O)[C@@H](O)CO. The normalized spacial score (nSPS) is 21.8. The largest absolute Gasteiger partial charge is 0.396 e. The van der Waals surface area contributed by atoms with Gasteiger partial charge in [0, 0.05) is 6.61 Å². The summed E-state index contributed by atoms with van der Waals surface area (Å²) in [5, 5.41) is 62.8. The monoisotopic (exact) mass is 226 g/mol. The van der Waals surface area contributed by atoms with Crippen LogP contribution in [0.1, 0.15) is 6.42 Å². The van der Waals surface area contributed by atoms with Crippen LogP contribution in [-0.2, 0) is 0 Å². The van der Waals surface area contributed by atoms with Crippen LogP contribution in [0.15, 0.2) is 0 Å². The van der Waals surface area contributed by atoms with E-state index in [1.807, 2.05) is 0 Å². The molecule has 0 aromatic rings. The minimum absolute atomic E-state index is 0.167. The summed E-state index contributed by atoms with van der Waals surface area (Å²) in [6.45, 7) is -1.16. The van der Waals surface area contributed by atoms with Gasteiger partial charge in [0.2, 0.25) is 0 Å². The highest BCUT2D eigenvalue weighted by Crippen LogP contribution is 2.10. The first-order valence-electron chi connectivity index (χ1n) is 4.57. The number of aliphatic hydroxyl groups is 7. The minimum Gasteiger partial charge on any atom is -0.396 e. The molecule has 0 radical (unpaired) electrons. The summed E-state index contributed by atoms with van der Waals surface area (Å²) < 4.78 is 0. The number of hydrogen-bond acceptors (Lipinski definition) is 7. The van der Waals surface area contributed by atoms with E-state index in [1.54, 1.807) is 0 Å². The van der Waals surface area contributed by atoms with Crippen molar-refractivity contribution < 1.29 is 35.7 Å². The average Bonchev–Trinajstić information content (AvgIpc) is 2.25. The summed E-state index contributed by atoms with van der Waals surface area (Å²) in [5.41, 5.74) is 0. The molecule has 0 rings (SSSR count). The van der Waals surface area contributed by atoms with E-state index in [1.165, 1.54) is 0 Å². The zero-order chi connectivity index (χ0) is 12.0. The third-order valence-corrected chi connectivity index (χ3v) is 2.10. The Morgan fingerprint density at radius 1 is 0.667 bits per heavy atom. The second kappa shape index (κ2) is 7.07. The Hall–Kier alpha value is -0.280. The molecule has 5 atom stereocenters. The molecule has 0 heterocycles. The van der Waals surface area contributed by atoms with Gasteiger partial charge in [0.05, 0.1) is 12.7 Å². The van der Waals surface area contributed by atoms with Crippen LogP contribution in [0.5, 0.6) is 0 Å². The molecule has 0 aromatic heterocycles. The number of hydrogen-bond donors (Lipinski definition) is 7. The first-order valence-corrected chi connectivity index (χ1v) is 4.57. The van der Waals surface area contributed by atoms with Gasteiger partial charge in [-0.05, 0) is 6.42 Å². The highest BCUT2D eigenvalue weighted by Gasteiger charge is 2.33. The van der Waals surface area contributed by atoms with Crippen LogP contribution < -0.4 is 0 Å². The van der Waals surface area contributed by atoms with Crippen LogP contribution in [0.4, 0.5) is 0 Å². The van der Waals surface area contributed by atoms with Crippen molar-refractivity contribution in [3.63, 3.8) is 0 Å². The lowest BCUT2D eigenvalue weighted by molar-refractivity contribution is -0.142. The molecule has 15 heavy (non-hydrogen) atoms. The van der Waals surface area contributed by atoms with Gasteiger partial charge < -0.3 is 35.7 Å². The molecule has 0 aliphatic rings. The van der Waals surface area contributed by atoms with E-state index in [-0.39, 0.29) is 13.0 Å². The van der Waals surface area contributed by atoms with Crippen molar-refractivity contribution in [2.24, 2.45) is 0 Å². The first-order chi connectivity index (χ1) is 6.95. The van der Waals surface area contributed by atoms with Gasteiger partial charge in [0.25, 0.3) is 0 Å². The van der Waals surface area contributed by atoms with E-state index in [0.717, 1.165) is 0 Å². The molecule has 0 saturated heterocycles. The maximum absolute atomic E-state index is 9.27. The third-order valence-electron chi connectivity index (χ3n) is 2.10. The highest BCUT2D eigenvalue weighted by molar-refractivity contribution is 4.84. The van der Waals surface area contributed by atoms with Crippen LogP contribution in [0.3, 0.4) is 0 Å². The van der Waals surface area contributed by atoms with E-state index in [9.17, 15) is 15.3 Å². The van der Waals surface area contributed by atoms with Gasteiger partial charge in [0.1, 0.15) is 24.4 Å². The summed E-state index contributed by atoms with van der Waals surface area (Å²) in [4.78, 5) is 0. The smallest absolute Gasteiger partial charge is 0.111 e. The molecule has 1 unspecified atom stereocenters.